The molecule has 1 amide bonds. The van der Waals surface area contributed by atoms with Gasteiger partial charge >= 0.3 is 6.09 Å². The molecule has 1 aliphatic heterocycles. The molecular formula is C15H19BrFNO3. The van der Waals surface area contributed by atoms with Gasteiger partial charge in [0, 0.05) is 19.0 Å². The number of carbonyl (C=O) groups excluding carboxylic acids is 1. The van der Waals surface area contributed by atoms with Gasteiger partial charge in [0.15, 0.2) is 0 Å². The highest BCUT2D eigenvalue weighted by atomic mass is 79.9. The molecule has 21 heavy (non-hydrogen) atoms. The summed E-state index contributed by atoms with van der Waals surface area (Å²) >= 11 is 3.12. The SMILES string of the molecule is CC(C)(C)OC(=O)N1CC(COc2ccc(F)c(Br)c2)C1. The lowest BCUT2D eigenvalue weighted by atomic mass is 10.0. The van der Waals surface area contributed by atoms with E-state index >= 15 is 0 Å². The van der Waals surface area contributed by atoms with E-state index in [2.05, 4.69) is 15.9 Å². The van der Waals surface area contributed by atoms with E-state index in [0.29, 0.717) is 29.9 Å². The van der Waals surface area contributed by atoms with Crippen LogP contribution in [0.15, 0.2) is 22.7 Å². The van der Waals surface area contributed by atoms with E-state index in [1.807, 2.05) is 20.8 Å². The third-order valence-corrected chi connectivity index (χ3v) is 3.59. The van der Waals surface area contributed by atoms with Gasteiger partial charge in [0.1, 0.15) is 17.2 Å². The number of benzene rings is 1. The number of rotatable bonds is 3. The first-order chi connectivity index (χ1) is 9.74. The van der Waals surface area contributed by atoms with Crippen molar-refractivity contribution in [3.05, 3.63) is 28.5 Å². The minimum absolute atomic E-state index is 0.279. The quantitative estimate of drug-likeness (QED) is 0.822. The zero-order chi connectivity index (χ0) is 15.6. The first kappa shape index (κ1) is 16.1. The van der Waals surface area contributed by atoms with Crippen molar-refractivity contribution in [3.8, 4) is 5.75 Å². The van der Waals surface area contributed by atoms with Crippen molar-refractivity contribution in [1.29, 1.82) is 0 Å². The predicted octanol–water partition coefficient (Wildman–Crippen LogP) is 3.83. The Labute approximate surface area is 132 Å². The molecule has 1 heterocycles. The second kappa shape index (κ2) is 6.22. The lowest BCUT2D eigenvalue weighted by Gasteiger charge is -2.39. The Bertz CT molecular complexity index is 524. The summed E-state index contributed by atoms with van der Waals surface area (Å²) in [6, 6.07) is 4.54. The third kappa shape index (κ3) is 4.59. The summed E-state index contributed by atoms with van der Waals surface area (Å²) in [5.74, 6) is 0.572. The second-order valence-electron chi connectivity index (χ2n) is 6.14. The van der Waals surface area contributed by atoms with Gasteiger partial charge in [0.05, 0.1) is 11.1 Å². The summed E-state index contributed by atoms with van der Waals surface area (Å²) in [5.41, 5.74) is -0.473. The first-order valence-corrected chi connectivity index (χ1v) is 7.59. The van der Waals surface area contributed by atoms with E-state index in [4.69, 9.17) is 9.47 Å². The van der Waals surface area contributed by atoms with Crippen LogP contribution in [0.4, 0.5) is 9.18 Å². The van der Waals surface area contributed by atoms with Crippen LogP contribution in [0, 0.1) is 11.7 Å². The van der Waals surface area contributed by atoms with Crippen LogP contribution < -0.4 is 4.74 Å². The molecule has 0 bridgehead atoms. The van der Waals surface area contributed by atoms with Gasteiger partial charge in [0.2, 0.25) is 0 Å². The van der Waals surface area contributed by atoms with Gasteiger partial charge in [-0.15, -0.1) is 0 Å². The van der Waals surface area contributed by atoms with Gasteiger partial charge in [0.25, 0.3) is 0 Å². The summed E-state index contributed by atoms with van der Waals surface area (Å²) in [6.07, 6.45) is -0.289. The second-order valence-corrected chi connectivity index (χ2v) is 6.99. The maximum Gasteiger partial charge on any atom is 0.410 e. The minimum Gasteiger partial charge on any atom is -0.493 e. The van der Waals surface area contributed by atoms with Crippen molar-refractivity contribution in [2.75, 3.05) is 19.7 Å². The average molecular weight is 360 g/mol. The summed E-state index contributed by atoms with van der Waals surface area (Å²) < 4.78 is 24.3. The molecule has 2 rings (SSSR count). The monoisotopic (exact) mass is 359 g/mol. The van der Waals surface area contributed by atoms with Crippen LogP contribution >= 0.6 is 15.9 Å². The van der Waals surface area contributed by atoms with Crippen LogP contribution in [0.25, 0.3) is 0 Å². The Morgan fingerprint density at radius 2 is 2.10 bits per heavy atom. The molecule has 1 fully saturated rings. The van der Waals surface area contributed by atoms with E-state index in [9.17, 15) is 9.18 Å². The van der Waals surface area contributed by atoms with Gasteiger partial charge in [-0.1, -0.05) is 0 Å². The Kier molecular flexibility index (Phi) is 4.76. The minimum atomic E-state index is -0.473. The summed E-state index contributed by atoms with van der Waals surface area (Å²) in [6.45, 7) is 7.28. The number of ether oxygens (including phenoxy) is 2. The van der Waals surface area contributed by atoms with Crippen molar-refractivity contribution in [1.82, 2.24) is 4.90 Å². The van der Waals surface area contributed by atoms with E-state index in [1.165, 1.54) is 6.07 Å². The number of amides is 1. The van der Waals surface area contributed by atoms with Gasteiger partial charge in [-0.25, -0.2) is 9.18 Å². The highest BCUT2D eigenvalue weighted by Crippen LogP contribution is 2.24. The van der Waals surface area contributed by atoms with E-state index in [0.717, 1.165) is 0 Å². The van der Waals surface area contributed by atoms with Crippen molar-refractivity contribution in [2.24, 2.45) is 5.92 Å². The number of halogens is 2. The van der Waals surface area contributed by atoms with E-state index < -0.39 is 5.60 Å². The maximum atomic E-state index is 13.1. The highest BCUT2D eigenvalue weighted by Gasteiger charge is 2.34. The number of hydrogen-bond acceptors (Lipinski definition) is 3. The van der Waals surface area contributed by atoms with Crippen LogP contribution in [-0.2, 0) is 4.74 Å². The molecule has 1 aliphatic rings. The van der Waals surface area contributed by atoms with Crippen molar-refractivity contribution in [2.45, 2.75) is 26.4 Å². The van der Waals surface area contributed by atoms with Crippen LogP contribution in [0.1, 0.15) is 20.8 Å². The third-order valence-electron chi connectivity index (χ3n) is 2.99. The number of nitrogens with zero attached hydrogens (tertiary/aromatic N) is 1. The summed E-state index contributed by atoms with van der Waals surface area (Å²) in [4.78, 5) is 13.4. The standard InChI is InChI=1S/C15H19BrFNO3/c1-15(2,3)21-14(19)18-7-10(8-18)9-20-11-4-5-13(17)12(16)6-11/h4-6,10H,7-9H2,1-3H3. The average Bonchev–Trinajstić information content (AvgIpc) is 2.29. The Hall–Kier alpha value is -1.30. The Morgan fingerprint density at radius 1 is 1.43 bits per heavy atom. The van der Waals surface area contributed by atoms with Crippen molar-refractivity contribution >= 4 is 22.0 Å². The first-order valence-electron chi connectivity index (χ1n) is 6.80. The molecule has 0 aliphatic carbocycles. The fraction of sp³-hybridized carbons (Fsp3) is 0.533. The van der Waals surface area contributed by atoms with E-state index in [-0.39, 0.29) is 17.8 Å². The van der Waals surface area contributed by atoms with Crippen LogP contribution in [0.3, 0.4) is 0 Å². The molecule has 1 aromatic rings. The molecule has 0 radical (unpaired) electrons. The molecule has 0 aromatic heterocycles. The lowest BCUT2D eigenvalue weighted by molar-refractivity contribution is -0.00782. The topological polar surface area (TPSA) is 38.8 Å². The molecule has 0 N–H and O–H groups in total. The predicted molar refractivity (Wildman–Crippen MR) is 80.9 cm³/mol. The Balaban J connectivity index is 1.73. The highest BCUT2D eigenvalue weighted by molar-refractivity contribution is 9.10. The van der Waals surface area contributed by atoms with Crippen molar-refractivity contribution < 1.29 is 18.7 Å². The van der Waals surface area contributed by atoms with Crippen LogP contribution in [0.2, 0.25) is 0 Å². The molecular weight excluding hydrogens is 341 g/mol. The lowest BCUT2D eigenvalue weighted by Crippen LogP contribution is -2.53. The van der Waals surface area contributed by atoms with Crippen LogP contribution in [0.5, 0.6) is 5.75 Å². The zero-order valence-corrected chi connectivity index (χ0v) is 13.9. The fourth-order valence-electron chi connectivity index (χ4n) is 1.93. The summed E-state index contributed by atoms with van der Waals surface area (Å²) in [7, 11) is 0. The van der Waals surface area contributed by atoms with Gasteiger partial charge in [-0.2, -0.15) is 0 Å². The molecule has 4 nitrogen and oxygen atoms in total. The maximum absolute atomic E-state index is 13.1. The molecule has 0 atom stereocenters. The normalized spacial score (nSPS) is 15.6. The zero-order valence-electron chi connectivity index (χ0n) is 12.4. The largest absolute Gasteiger partial charge is 0.493 e. The summed E-state index contributed by atoms with van der Waals surface area (Å²) in [5, 5.41) is 0. The Morgan fingerprint density at radius 3 is 2.67 bits per heavy atom. The molecule has 116 valence electrons. The number of likely N-dealkylation sites (tertiary alicyclic amines) is 1. The van der Waals surface area contributed by atoms with Crippen molar-refractivity contribution in [3.63, 3.8) is 0 Å². The van der Waals surface area contributed by atoms with Gasteiger partial charge < -0.3 is 14.4 Å². The molecule has 0 saturated carbocycles. The molecule has 1 saturated heterocycles. The number of hydrogen-bond donors (Lipinski definition) is 0. The van der Waals surface area contributed by atoms with Gasteiger partial charge in [-0.05, 0) is 54.9 Å². The number of carbonyl (C=O) groups is 1. The molecule has 0 spiro atoms. The smallest absolute Gasteiger partial charge is 0.410 e. The van der Waals surface area contributed by atoms with Crippen LogP contribution in [-0.4, -0.2) is 36.3 Å². The fourth-order valence-corrected chi connectivity index (χ4v) is 2.29. The molecule has 1 aromatic carbocycles. The molecule has 0 unspecified atom stereocenters. The van der Waals surface area contributed by atoms with Gasteiger partial charge in [-0.3, -0.25) is 0 Å². The molecule has 6 heteroatoms. The van der Waals surface area contributed by atoms with E-state index in [1.54, 1.807) is 17.0 Å².